The molecule has 1 fully saturated rings. The van der Waals surface area contributed by atoms with Crippen LogP contribution in [0, 0.1) is 6.92 Å². The van der Waals surface area contributed by atoms with Crippen LogP contribution in [0.3, 0.4) is 0 Å². The molecule has 0 aliphatic heterocycles. The van der Waals surface area contributed by atoms with Crippen LogP contribution in [-0.4, -0.2) is 20.4 Å². The second-order valence-electron chi connectivity index (χ2n) is 6.56. The largest absolute Gasteiger partial charge is 0.326 e. The lowest BCUT2D eigenvalue weighted by atomic mass is 10.1. The molecule has 2 N–H and O–H groups in total. The van der Waals surface area contributed by atoms with Gasteiger partial charge in [0.05, 0.1) is 4.90 Å². The van der Waals surface area contributed by atoms with E-state index in [9.17, 15) is 13.2 Å². The highest BCUT2D eigenvalue weighted by Gasteiger charge is 2.28. The van der Waals surface area contributed by atoms with Crippen molar-refractivity contribution in [3.05, 3.63) is 58.6 Å². The molecule has 5 nitrogen and oxygen atoms in total. The van der Waals surface area contributed by atoms with Gasteiger partial charge in [-0.05, 0) is 61.6 Å². The monoisotopic (exact) mass is 392 g/mol. The van der Waals surface area contributed by atoms with Crippen molar-refractivity contribution in [2.75, 3.05) is 5.32 Å². The number of amides is 1. The fraction of sp³-hybridized carbons (Fsp3) is 0.316. The molecule has 0 bridgehead atoms. The van der Waals surface area contributed by atoms with Gasteiger partial charge in [-0.25, -0.2) is 13.1 Å². The average molecular weight is 393 g/mol. The fourth-order valence-corrected chi connectivity index (χ4v) is 4.06. The fourth-order valence-electron chi connectivity index (χ4n) is 2.50. The van der Waals surface area contributed by atoms with Gasteiger partial charge in [-0.3, -0.25) is 4.79 Å². The van der Waals surface area contributed by atoms with Crippen molar-refractivity contribution in [2.24, 2.45) is 0 Å². The summed E-state index contributed by atoms with van der Waals surface area (Å²) in [5.41, 5.74) is 2.45. The lowest BCUT2D eigenvalue weighted by Gasteiger charge is -2.09. The lowest BCUT2D eigenvalue weighted by molar-refractivity contribution is -0.116. The van der Waals surface area contributed by atoms with E-state index in [0.29, 0.717) is 17.1 Å². The molecular weight excluding hydrogens is 372 g/mol. The number of benzene rings is 2. The smallest absolute Gasteiger partial charge is 0.240 e. The Morgan fingerprint density at radius 2 is 1.96 bits per heavy atom. The first-order chi connectivity index (χ1) is 12.3. The van der Waals surface area contributed by atoms with Gasteiger partial charge in [0.1, 0.15) is 0 Å². The predicted molar refractivity (Wildman–Crippen MR) is 103 cm³/mol. The quantitative estimate of drug-likeness (QED) is 0.755. The molecule has 0 unspecified atom stereocenters. The SMILES string of the molecule is Cc1ccc(CCC(=O)Nc2cccc(S(=O)(=O)NC3CC3)c2)cc1Cl. The minimum Gasteiger partial charge on any atom is -0.326 e. The molecule has 0 aromatic heterocycles. The molecule has 2 aromatic carbocycles. The number of sulfonamides is 1. The summed E-state index contributed by atoms with van der Waals surface area (Å²) in [6.07, 6.45) is 2.60. The van der Waals surface area contributed by atoms with Gasteiger partial charge in [0.2, 0.25) is 15.9 Å². The van der Waals surface area contributed by atoms with Crippen LogP contribution in [0.2, 0.25) is 5.02 Å². The van der Waals surface area contributed by atoms with Gasteiger partial charge in [0, 0.05) is 23.2 Å². The van der Waals surface area contributed by atoms with Gasteiger partial charge in [-0.2, -0.15) is 0 Å². The zero-order chi connectivity index (χ0) is 18.7. The Kier molecular flexibility index (Phi) is 5.65. The first-order valence-corrected chi connectivity index (χ1v) is 10.4. The van der Waals surface area contributed by atoms with E-state index in [0.717, 1.165) is 24.0 Å². The zero-order valence-electron chi connectivity index (χ0n) is 14.5. The number of nitrogens with one attached hydrogen (secondary N) is 2. The summed E-state index contributed by atoms with van der Waals surface area (Å²) in [7, 11) is -3.54. The molecule has 1 amide bonds. The van der Waals surface area contributed by atoms with Crippen LogP contribution >= 0.6 is 11.6 Å². The predicted octanol–water partition coefficient (Wildman–Crippen LogP) is 3.66. The Morgan fingerprint density at radius 3 is 2.65 bits per heavy atom. The molecular formula is C19H21ClN2O3S. The summed E-state index contributed by atoms with van der Waals surface area (Å²) in [6, 6.07) is 12.1. The molecule has 0 radical (unpaired) electrons. The van der Waals surface area contributed by atoms with E-state index in [4.69, 9.17) is 11.6 Å². The number of carbonyl (C=O) groups excluding carboxylic acids is 1. The highest BCUT2D eigenvalue weighted by Crippen LogP contribution is 2.23. The summed E-state index contributed by atoms with van der Waals surface area (Å²) < 4.78 is 27.1. The first-order valence-electron chi connectivity index (χ1n) is 8.51. The van der Waals surface area contributed by atoms with E-state index < -0.39 is 10.0 Å². The number of anilines is 1. The molecule has 0 saturated heterocycles. The van der Waals surface area contributed by atoms with Crippen molar-refractivity contribution in [3.63, 3.8) is 0 Å². The van der Waals surface area contributed by atoms with Gasteiger partial charge in [-0.1, -0.05) is 29.8 Å². The normalized spacial score (nSPS) is 14.2. The number of hydrogen-bond donors (Lipinski definition) is 2. The third-order valence-electron chi connectivity index (χ3n) is 4.20. The number of halogens is 1. The highest BCUT2D eigenvalue weighted by molar-refractivity contribution is 7.89. The Bertz CT molecular complexity index is 924. The van der Waals surface area contributed by atoms with Crippen molar-refractivity contribution < 1.29 is 13.2 Å². The van der Waals surface area contributed by atoms with Crippen LogP contribution in [0.25, 0.3) is 0 Å². The number of hydrogen-bond acceptors (Lipinski definition) is 3. The van der Waals surface area contributed by atoms with Gasteiger partial charge in [0.15, 0.2) is 0 Å². The third kappa shape index (κ3) is 5.06. The van der Waals surface area contributed by atoms with Crippen molar-refractivity contribution in [2.45, 2.75) is 43.5 Å². The summed E-state index contributed by atoms with van der Waals surface area (Å²) >= 11 is 6.10. The van der Waals surface area contributed by atoms with Gasteiger partial charge < -0.3 is 5.32 Å². The minimum atomic E-state index is -3.54. The van der Waals surface area contributed by atoms with E-state index in [-0.39, 0.29) is 23.3 Å². The van der Waals surface area contributed by atoms with Crippen LogP contribution in [0.5, 0.6) is 0 Å². The Labute approximate surface area is 158 Å². The first kappa shape index (κ1) is 18.9. The van der Waals surface area contributed by atoms with Crippen LogP contribution in [0.4, 0.5) is 5.69 Å². The molecule has 26 heavy (non-hydrogen) atoms. The number of aryl methyl sites for hydroxylation is 2. The summed E-state index contributed by atoms with van der Waals surface area (Å²) in [5.74, 6) is -0.175. The zero-order valence-corrected chi connectivity index (χ0v) is 16.0. The van der Waals surface area contributed by atoms with Crippen molar-refractivity contribution in [1.29, 1.82) is 0 Å². The van der Waals surface area contributed by atoms with E-state index in [1.807, 2.05) is 25.1 Å². The maximum atomic E-state index is 12.3. The van der Waals surface area contributed by atoms with E-state index in [2.05, 4.69) is 10.0 Å². The van der Waals surface area contributed by atoms with Crippen LogP contribution < -0.4 is 10.0 Å². The van der Waals surface area contributed by atoms with E-state index in [1.54, 1.807) is 12.1 Å². The molecule has 0 spiro atoms. The molecule has 1 saturated carbocycles. The second kappa shape index (κ2) is 7.78. The standard InChI is InChI=1S/C19H21ClN2O3S/c1-13-5-6-14(11-18(13)20)7-10-19(23)21-16-3-2-4-17(12-16)26(24,25)22-15-8-9-15/h2-6,11-12,15,22H,7-10H2,1H3,(H,21,23). The summed E-state index contributed by atoms with van der Waals surface area (Å²) in [5, 5.41) is 3.44. The maximum Gasteiger partial charge on any atom is 0.240 e. The molecule has 7 heteroatoms. The molecule has 1 aliphatic rings. The molecule has 138 valence electrons. The summed E-state index contributed by atoms with van der Waals surface area (Å²) in [6.45, 7) is 1.93. The number of rotatable bonds is 7. The maximum absolute atomic E-state index is 12.3. The van der Waals surface area contributed by atoms with Crippen molar-refractivity contribution >= 4 is 33.2 Å². The lowest BCUT2D eigenvalue weighted by Crippen LogP contribution is -2.25. The minimum absolute atomic E-state index is 0.0413. The molecule has 3 rings (SSSR count). The van der Waals surface area contributed by atoms with E-state index in [1.165, 1.54) is 12.1 Å². The number of carbonyl (C=O) groups is 1. The topological polar surface area (TPSA) is 75.3 Å². The molecule has 0 heterocycles. The van der Waals surface area contributed by atoms with Crippen LogP contribution in [-0.2, 0) is 21.2 Å². The average Bonchev–Trinajstić information content (AvgIpc) is 3.39. The Balaban J connectivity index is 1.60. The second-order valence-corrected chi connectivity index (χ2v) is 8.68. The third-order valence-corrected chi connectivity index (χ3v) is 6.13. The van der Waals surface area contributed by atoms with Gasteiger partial charge >= 0.3 is 0 Å². The summed E-state index contributed by atoms with van der Waals surface area (Å²) in [4.78, 5) is 12.3. The van der Waals surface area contributed by atoms with Crippen molar-refractivity contribution in [3.8, 4) is 0 Å². The molecule has 1 aliphatic carbocycles. The van der Waals surface area contributed by atoms with Crippen molar-refractivity contribution in [1.82, 2.24) is 4.72 Å². The van der Waals surface area contributed by atoms with Crippen LogP contribution in [0.15, 0.2) is 47.4 Å². The molecule has 0 atom stereocenters. The van der Waals surface area contributed by atoms with Crippen LogP contribution in [0.1, 0.15) is 30.4 Å². The Hall–Kier alpha value is -1.89. The van der Waals surface area contributed by atoms with Gasteiger partial charge in [-0.15, -0.1) is 0 Å². The van der Waals surface area contributed by atoms with E-state index >= 15 is 0 Å². The van der Waals surface area contributed by atoms with Gasteiger partial charge in [0.25, 0.3) is 0 Å². The highest BCUT2D eigenvalue weighted by atomic mass is 35.5. The molecule has 2 aromatic rings. The Morgan fingerprint density at radius 1 is 1.19 bits per heavy atom.